The minimum atomic E-state index is -1.37. The fourth-order valence-corrected chi connectivity index (χ4v) is 4.01. The van der Waals surface area contributed by atoms with Crippen molar-refractivity contribution >= 4 is 28.7 Å². The third-order valence-corrected chi connectivity index (χ3v) is 5.70. The van der Waals surface area contributed by atoms with Crippen molar-refractivity contribution in [2.45, 2.75) is 13.8 Å². The minimum Gasteiger partial charge on any atom is -0.490 e. The summed E-state index contributed by atoms with van der Waals surface area (Å²) >= 11 is 0. The Kier molecular flexibility index (Phi) is 5.93. The molecule has 0 fully saturated rings. The van der Waals surface area contributed by atoms with E-state index in [0.29, 0.717) is 11.1 Å². The zero-order valence-electron chi connectivity index (χ0n) is 18.8. The van der Waals surface area contributed by atoms with E-state index in [2.05, 4.69) is 9.88 Å². The number of carbonyl (C=O) groups is 2. The quantitative estimate of drug-likeness (QED) is 0.388. The van der Waals surface area contributed by atoms with E-state index in [0.717, 1.165) is 18.8 Å². The Morgan fingerprint density at radius 1 is 1.03 bits per heavy atom. The molecule has 174 valence electrons. The first kappa shape index (κ1) is 22.8. The summed E-state index contributed by atoms with van der Waals surface area (Å²) < 4.78 is 11.3. The topological polar surface area (TPSA) is 130 Å². The Labute approximate surface area is 194 Å². The highest BCUT2D eigenvalue weighted by molar-refractivity contribution is 6.04. The predicted molar refractivity (Wildman–Crippen MR) is 126 cm³/mol. The Morgan fingerprint density at radius 3 is 2.26 bits per heavy atom. The molecule has 4 rings (SSSR count). The van der Waals surface area contributed by atoms with Gasteiger partial charge in [0, 0.05) is 24.8 Å². The maximum atomic E-state index is 13.4. The molecule has 0 spiro atoms. The lowest BCUT2D eigenvalue weighted by Gasteiger charge is -2.21. The number of fused-ring (bicyclic) bond motifs is 2. The van der Waals surface area contributed by atoms with E-state index in [9.17, 15) is 19.5 Å². The molecule has 9 nitrogen and oxygen atoms in total. The lowest BCUT2D eigenvalue weighted by Crippen LogP contribution is -2.21. The Morgan fingerprint density at radius 2 is 1.71 bits per heavy atom. The van der Waals surface area contributed by atoms with E-state index in [1.165, 1.54) is 31.4 Å². The van der Waals surface area contributed by atoms with E-state index < -0.39 is 17.4 Å². The predicted octanol–water partition coefficient (Wildman–Crippen LogP) is 4.21. The molecular formula is C25H22N2O7. The van der Waals surface area contributed by atoms with Crippen molar-refractivity contribution < 1.29 is 29.0 Å². The van der Waals surface area contributed by atoms with E-state index in [-0.39, 0.29) is 39.5 Å². The van der Waals surface area contributed by atoms with Gasteiger partial charge in [0.25, 0.3) is 0 Å². The number of methoxy groups -OCH3 is 1. The van der Waals surface area contributed by atoms with E-state index in [1.807, 2.05) is 19.9 Å². The van der Waals surface area contributed by atoms with Crippen molar-refractivity contribution in [2.24, 2.45) is 0 Å². The number of aromatic nitrogens is 1. The molecule has 0 bridgehead atoms. The van der Waals surface area contributed by atoms with Crippen LogP contribution in [0.15, 0.2) is 51.7 Å². The number of anilines is 1. The van der Waals surface area contributed by atoms with Gasteiger partial charge in [-0.15, -0.1) is 0 Å². The number of hydrogen-bond acceptors (Lipinski definition) is 7. The average molecular weight is 462 g/mol. The van der Waals surface area contributed by atoms with Gasteiger partial charge in [0.15, 0.2) is 11.3 Å². The van der Waals surface area contributed by atoms with Crippen LogP contribution in [0.2, 0.25) is 0 Å². The largest absolute Gasteiger partial charge is 0.490 e. The molecule has 0 amide bonds. The summed E-state index contributed by atoms with van der Waals surface area (Å²) in [5, 5.41) is 19.2. The van der Waals surface area contributed by atoms with Gasteiger partial charge in [0.1, 0.15) is 16.8 Å². The molecule has 2 aliphatic rings. The van der Waals surface area contributed by atoms with Gasteiger partial charge in [-0.1, -0.05) is 12.1 Å². The molecule has 2 N–H and O–H groups in total. The third-order valence-electron chi connectivity index (χ3n) is 5.70. The fraction of sp³-hybridized carbons (Fsp3) is 0.200. The van der Waals surface area contributed by atoms with Gasteiger partial charge in [0.2, 0.25) is 11.2 Å². The first-order valence-corrected chi connectivity index (χ1v) is 10.6. The summed E-state index contributed by atoms with van der Waals surface area (Å²) in [5.74, 6) is -2.76. The number of benzene rings is 3. The molecule has 0 atom stereocenters. The molecule has 34 heavy (non-hydrogen) atoms. The molecular weight excluding hydrogens is 440 g/mol. The molecule has 0 unspecified atom stereocenters. The molecule has 0 radical (unpaired) electrons. The van der Waals surface area contributed by atoms with Crippen molar-refractivity contribution in [3.05, 3.63) is 63.8 Å². The van der Waals surface area contributed by atoms with Crippen molar-refractivity contribution in [3.63, 3.8) is 0 Å². The lowest BCUT2D eigenvalue weighted by molar-refractivity contribution is 0.0686. The van der Waals surface area contributed by atoms with Crippen LogP contribution in [0.5, 0.6) is 5.75 Å². The van der Waals surface area contributed by atoms with Crippen molar-refractivity contribution in [3.8, 4) is 28.3 Å². The zero-order chi connectivity index (χ0) is 24.6. The SMILES string of the molecule is CCN(CC)c1ccc2nc3c(C(=O)O)c(-c4ccc(C(=O)O)cc4)c(=O)c(OC)c-3oc2c1. The highest BCUT2D eigenvalue weighted by Gasteiger charge is 2.31. The van der Waals surface area contributed by atoms with Crippen LogP contribution in [-0.2, 0) is 0 Å². The summed E-state index contributed by atoms with van der Waals surface area (Å²) in [6.07, 6.45) is 0. The average Bonchev–Trinajstić information content (AvgIpc) is 2.83. The first-order valence-electron chi connectivity index (χ1n) is 10.6. The molecule has 0 aromatic heterocycles. The molecule has 2 aromatic carbocycles. The molecule has 9 heteroatoms. The van der Waals surface area contributed by atoms with E-state index in [4.69, 9.17) is 14.3 Å². The first-order chi connectivity index (χ1) is 16.3. The van der Waals surface area contributed by atoms with E-state index >= 15 is 0 Å². The zero-order valence-corrected chi connectivity index (χ0v) is 18.8. The van der Waals surface area contributed by atoms with Gasteiger partial charge in [-0.3, -0.25) is 4.79 Å². The number of hydrogen-bond donors (Lipinski definition) is 2. The summed E-state index contributed by atoms with van der Waals surface area (Å²) in [6, 6.07) is 10.8. The van der Waals surface area contributed by atoms with Crippen molar-refractivity contribution in [1.29, 1.82) is 0 Å². The van der Waals surface area contributed by atoms with Gasteiger partial charge in [0.05, 0.1) is 18.2 Å². The van der Waals surface area contributed by atoms with Crippen LogP contribution >= 0.6 is 0 Å². The maximum Gasteiger partial charge on any atom is 0.338 e. The second kappa shape index (κ2) is 8.86. The Bertz CT molecular complexity index is 1440. The number of rotatable bonds is 7. The number of aromatic carboxylic acids is 2. The summed E-state index contributed by atoms with van der Waals surface area (Å²) in [7, 11) is 1.29. The van der Waals surface area contributed by atoms with Gasteiger partial charge in [-0.25, -0.2) is 14.6 Å². The molecule has 0 saturated carbocycles. The normalized spacial score (nSPS) is 11.0. The van der Waals surface area contributed by atoms with Gasteiger partial charge < -0.3 is 24.3 Å². The number of carboxylic acid groups (broad SMARTS) is 2. The minimum absolute atomic E-state index is 0.00366. The molecule has 2 aromatic rings. The smallest absolute Gasteiger partial charge is 0.338 e. The third kappa shape index (κ3) is 3.71. The number of ether oxygens (including phenoxy) is 1. The maximum absolute atomic E-state index is 13.4. The summed E-state index contributed by atoms with van der Waals surface area (Å²) in [6.45, 7) is 5.62. The van der Waals surface area contributed by atoms with Crippen LogP contribution < -0.4 is 15.1 Å². The number of carboxylic acids is 2. The Balaban J connectivity index is 2.06. The summed E-state index contributed by atoms with van der Waals surface area (Å²) in [4.78, 5) is 43.5. The van der Waals surface area contributed by atoms with Crippen LogP contribution in [0.4, 0.5) is 5.69 Å². The molecule has 1 aliphatic carbocycles. The van der Waals surface area contributed by atoms with Crippen LogP contribution in [0.25, 0.3) is 33.7 Å². The van der Waals surface area contributed by atoms with Crippen molar-refractivity contribution in [2.75, 3.05) is 25.1 Å². The lowest BCUT2D eigenvalue weighted by atomic mass is 9.93. The number of nitrogens with zero attached hydrogens (tertiary/aromatic N) is 2. The van der Waals surface area contributed by atoms with Crippen LogP contribution in [0.3, 0.4) is 0 Å². The monoisotopic (exact) mass is 462 g/mol. The second-order valence-electron chi connectivity index (χ2n) is 7.52. The summed E-state index contributed by atoms with van der Waals surface area (Å²) in [5.41, 5.74) is 0.693. The molecule has 1 aliphatic heterocycles. The van der Waals surface area contributed by atoms with Crippen LogP contribution in [0.1, 0.15) is 34.6 Å². The van der Waals surface area contributed by atoms with Crippen LogP contribution in [0, 0.1) is 0 Å². The van der Waals surface area contributed by atoms with E-state index in [1.54, 1.807) is 12.1 Å². The highest BCUT2D eigenvalue weighted by atomic mass is 16.5. The van der Waals surface area contributed by atoms with Gasteiger partial charge >= 0.3 is 11.9 Å². The van der Waals surface area contributed by atoms with Crippen LogP contribution in [-0.4, -0.2) is 47.3 Å². The molecule has 1 heterocycles. The van der Waals surface area contributed by atoms with Crippen molar-refractivity contribution in [1.82, 2.24) is 4.98 Å². The fourth-order valence-electron chi connectivity index (χ4n) is 4.01. The van der Waals surface area contributed by atoms with Gasteiger partial charge in [-0.05, 0) is 43.7 Å². The van der Waals surface area contributed by atoms with Gasteiger partial charge in [-0.2, -0.15) is 0 Å². The second-order valence-corrected chi connectivity index (χ2v) is 7.52. The molecule has 0 saturated heterocycles. The highest BCUT2D eigenvalue weighted by Crippen LogP contribution is 2.39. The standard InChI is InChI=1S/C25H22N2O7/c1-4-27(5-2)15-10-11-16-17(12-15)34-22-20(26-16)19(25(31)32)18(21(28)23(22)33-3)13-6-8-14(9-7-13)24(29)30/h6-12H,4-5H2,1-3H3,(H,29,30)(H,31,32). The Hall–Kier alpha value is -4.40.